The average molecular weight is 443 g/mol. The van der Waals surface area contributed by atoms with Crippen LogP contribution in [0.1, 0.15) is 18.5 Å². The highest BCUT2D eigenvalue weighted by molar-refractivity contribution is 6.31. The molecule has 4 rings (SSSR count). The van der Waals surface area contributed by atoms with Crippen molar-refractivity contribution in [3.63, 3.8) is 0 Å². The number of benzene rings is 2. The molecule has 2 aromatic carbocycles. The van der Waals surface area contributed by atoms with Crippen LogP contribution in [0, 0.1) is 5.82 Å². The molecule has 0 spiro atoms. The minimum Gasteiger partial charge on any atom is -0.326 e. The molecule has 4 amide bonds. The van der Waals surface area contributed by atoms with Gasteiger partial charge in [0.2, 0.25) is 5.91 Å². The summed E-state index contributed by atoms with van der Waals surface area (Å²) in [6.45, 7) is 1.71. The minimum atomic E-state index is -0.821. The maximum Gasteiger partial charge on any atom is 0.322 e. The standard InChI is InChI=1S/C22H20ClFN4O3/c1-12(20(29)25-14-9-7-13(24)8-10-14)28-11-17-18(21(28)30)19(26-22(31)27(17)2)15-5-3-4-6-16(15)23/h3-10,12,19H,11H2,1-2H3,(H,25,29)(H,26,31)/t12-,19-/m1/s1. The van der Waals surface area contributed by atoms with Gasteiger partial charge in [-0.25, -0.2) is 9.18 Å². The Kier molecular flexibility index (Phi) is 5.41. The van der Waals surface area contributed by atoms with E-state index in [-0.39, 0.29) is 18.5 Å². The largest absolute Gasteiger partial charge is 0.326 e. The fraction of sp³-hybridized carbons (Fsp3) is 0.227. The number of hydrogen-bond acceptors (Lipinski definition) is 3. The molecule has 2 atom stereocenters. The van der Waals surface area contributed by atoms with Crippen molar-refractivity contribution < 1.29 is 18.8 Å². The molecule has 2 aliphatic heterocycles. The molecule has 7 nitrogen and oxygen atoms in total. The molecule has 0 radical (unpaired) electrons. The lowest BCUT2D eigenvalue weighted by Crippen LogP contribution is -2.45. The monoisotopic (exact) mass is 442 g/mol. The van der Waals surface area contributed by atoms with Crippen LogP contribution in [0.5, 0.6) is 0 Å². The molecule has 0 saturated heterocycles. The van der Waals surface area contributed by atoms with E-state index in [1.165, 1.54) is 34.1 Å². The molecule has 0 saturated carbocycles. The van der Waals surface area contributed by atoms with Crippen LogP contribution < -0.4 is 10.6 Å². The average Bonchev–Trinajstić information content (AvgIpc) is 3.10. The van der Waals surface area contributed by atoms with E-state index in [1.807, 2.05) is 0 Å². The van der Waals surface area contributed by atoms with Gasteiger partial charge in [0, 0.05) is 17.8 Å². The summed E-state index contributed by atoms with van der Waals surface area (Å²) in [4.78, 5) is 41.4. The molecule has 31 heavy (non-hydrogen) atoms. The first-order valence-electron chi connectivity index (χ1n) is 9.67. The number of nitrogens with zero attached hydrogens (tertiary/aromatic N) is 2. The number of hydrogen-bond donors (Lipinski definition) is 2. The maximum atomic E-state index is 13.3. The van der Waals surface area contributed by atoms with E-state index >= 15 is 0 Å². The van der Waals surface area contributed by atoms with Crippen molar-refractivity contribution in [1.29, 1.82) is 0 Å². The summed E-state index contributed by atoms with van der Waals surface area (Å²) in [6.07, 6.45) is 0. The molecule has 9 heteroatoms. The molecule has 0 unspecified atom stereocenters. The van der Waals surface area contributed by atoms with Crippen LogP contribution in [0.3, 0.4) is 0 Å². The Labute approximate surface area is 183 Å². The summed E-state index contributed by atoms with van der Waals surface area (Å²) in [5, 5.41) is 5.93. The second kappa shape index (κ2) is 8.03. The predicted octanol–water partition coefficient (Wildman–Crippen LogP) is 3.30. The van der Waals surface area contributed by atoms with Crippen molar-refractivity contribution >= 4 is 35.1 Å². The van der Waals surface area contributed by atoms with Crippen LogP contribution in [0.4, 0.5) is 14.9 Å². The lowest BCUT2D eigenvalue weighted by Gasteiger charge is -2.31. The first kappa shape index (κ1) is 20.9. The zero-order valence-corrected chi connectivity index (χ0v) is 17.6. The summed E-state index contributed by atoms with van der Waals surface area (Å²) in [5.74, 6) is -1.19. The Morgan fingerprint density at radius 2 is 1.87 bits per heavy atom. The smallest absolute Gasteiger partial charge is 0.322 e. The third-order valence-corrected chi connectivity index (χ3v) is 5.91. The number of halogens is 2. The van der Waals surface area contributed by atoms with Gasteiger partial charge in [0.25, 0.3) is 5.91 Å². The summed E-state index contributed by atoms with van der Waals surface area (Å²) < 4.78 is 13.1. The Morgan fingerprint density at radius 1 is 1.19 bits per heavy atom. The third kappa shape index (κ3) is 3.74. The summed E-state index contributed by atoms with van der Waals surface area (Å²) >= 11 is 6.33. The number of anilines is 1. The first-order chi connectivity index (χ1) is 14.8. The molecule has 160 valence electrons. The number of likely N-dealkylation sites (N-methyl/N-ethyl adjacent to an activating group) is 1. The van der Waals surface area contributed by atoms with Gasteiger partial charge in [0.15, 0.2) is 0 Å². The minimum absolute atomic E-state index is 0.108. The van der Waals surface area contributed by atoms with E-state index in [2.05, 4.69) is 10.6 Å². The number of carbonyl (C=O) groups excluding carboxylic acids is 3. The SMILES string of the molecule is C[C@H](C(=O)Nc1ccc(F)cc1)N1CC2=C(C1=O)[C@@H](c1ccccc1Cl)NC(=O)N2C. The second-order valence-corrected chi connectivity index (χ2v) is 7.84. The van der Waals surface area contributed by atoms with Gasteiger partial charge < -0.3 is 15.5 Å². The number of nitrogens with one attached hydrogen (secondary N) is 2. The molecule has 0 fully saturated rings. The molecular weight excluding hydrogens is 423 g/mol. The van der Waals surface area contributed by atoms with Crippen molar-refractivity contribution in [3.05, 3.63) is 76.2 Å². The van der Waals surface area contributed by atoms with E-state index < -0.39 is 23.8 Å². The lowest BCUT2D eigenvalue weighted by atomic mass is 9.95. The number of urea groups is 1. The van der Waals surface area contributed by atoms with Crippen molar-refractivity contribution in [2.45, 2.75) is 19.0 Å². The number of carbonyl (C=O) groups is 3. The van der Waals surface area contributed by atoms with E-state index in [4.69, 9.17) is 11.6 Å². The van der Waals surface area contributed by atoms with Crippen LogP contribution in [-0.4, -0.2) is 47.3 Å². The van der Waals surface area contributed by atoms with Crippen molar-refractivity contribution in [2.24, 2.45) is 0 Å². The summed E-state index contributed by atoms with van der Waals surface area (Å²) in [6, 6.07) is 10.5. The van der Waals surface area contributed by atoms with Gasteiger partial charge in [0.05, 0.1) is 23.9 Å². The van der Waals surface area contributed by atoms with Gasteiger partial charge in [-0.2, -0.15) is 0 Å². The van der Waals surface area contributed by atoms with E-state index in [1.54, 1.807) is 38.2 Å². The van der Waals surface area contributed by atoms with Gasteiger partial charge >= 0.3 is 6.03 Å². The lowest BCUT2D eigenvalue weighted by molar-refractivity contribution is -0.133. The Morgan fingerprint density at radius 3 is 2.55 bits per heavy atom. The molecule has 2 heterocycles. The van der Waals surface area contributed by atoms with Gasteiger partial charge in [-0.3, -0.25) is 14.5 Å². The normalized spacial score (nSPS) is 19.3. The fourth-order valence-corrected chi connectivity index (χ4v) is 4.01. The van der Waals surface area contributed by atoms with E-state index in [0.717, 1.165) is 0 Å². The summed E-state index contributed by atoms with van der Waals surface area (Å²) in [5.41, 5.74) is 1.94. The van der Waals surface area contributed by atoms with E-state index in [0.29, 0.717) is 27.5 Å². The van der Waals surface area contributed by atoms with E-state index in [9.17, 15) is 18.8 Å². The van der Waals surface area contributed by atoms with Gasteiger partial charge in [0.1, 0.15) is 11.9 Å². The van der Waals surface area contributed by atoms with Gasteiger partial charge in [-0.05, 0) is 42.8 Å². The molecule has 2 N–H and O–H groups in total. The molecule has 0 aromatic heterocycles. The zero-order valence-electron chi connectivity index (χ0n) is 16.9. The van der Waals surface area contributed by atoms with Crippen molar-refractivity contribution in [3.8, 4) is 0 Å². The predicted molar refractivity (Wildman–Crippen MR) is 114 cm³/mol. The van der Waals surface area contributed by atoms with Crippen LogP contribution in [0.2, 0.25) is 5.02 Å². The van der Waals surface area contributed by atoms with Crippen LogP contribution >= 0.6 is 11.6 Å². The molecule has 0 aliphatic carbocycles. The highest BCUT2D eigenvalue weighted by Gasteiger charge is 2.45. The highest BCUT2D eigenvalue weighted by Crippen LogP contribution is 2.38. The molecule has 2 aromatic rings. The Balaban J connectivity index is 1.60. The second-order valence-electron chi connectivity index (χ2n) is 7.43. The molecule has 2 aliphatic rings. The van der Waals surface area contributed by atoms with Crippen LogP contribution in [0.25, 0.3) is 0 Å². The Hall–Kier alpha value is -3.39. The topological polar surface area (TPSA) is 81.8 Å². The van der Waals surface area contributed by atoms with Crippen molar-refractivity contribution in [2.75, 3.05) is 18.9 Å². The molecular formula is C22H20ClFN4O3. The third-order valence-electron chi connectivity index (χ3n) is 5.56. The van der Waals surface area contributed by atoms with Gasteiger partial charge in [-0.1, -0.05) is 29.8 Å². The first-order valence-corrected chi connectivity index (χ1v) is 10.0. The quantitative estimate of drug-likeness (QED) is 0.762. The summed E-state index contributed by atoms with van der Waals surface area (Å²) in [7, 11) is 1.58. The van der Waals surface area contributed by atoms with Crippen LogP contribution in [-0.2, 0) is 9.59 Å². The Bertz CT molecular complexity index is 1100. The van der Waals surface area contributed by atoms with Crippen LogP contribution in [0.15, 0.2) is 59.8 Å². The van der Waals surface area contributed by atoms with Crippen molar-refractivity contribution in [1.82, 2.24) is 15.1 Å². The number of rotatable bonds is 4. The number of amides is 4. The molecule has 0 bridgehead atoms. The van der Waals surface area contributed by atoms with Gasteiger partial charge in [-0.15, -0.1) is 0 Å². The fourth-order valence-electron chi connectivity index (χ4n) is 3.77. The zero-order chi connectivity index (χ0) is 22.3. The maximum absolute atomic E-state index is 13.3. The highest BCUT2D eigenvalue weighted by atomic mass is 35.5.